The van der Waals surface area contributed by atoms with Gasteiger partial charge in [0.05, 0.1) is 16.2 Å². The first kappa shape index (κ1) is 15.8. The Kier molecular flexibility index (Phi) is 4.51. The van der Waals surface area contributed by atoms with Crippen molar-refractivity contribution >= 4 is 21.7 Å². The van der Waals surface area contributed by atoms with E-state index in [1.807, 2.05) is 6.92 Å². The standard InChI is InChI=1S/C14H12BrF3N2O/c1-2-7-20-12(11(15)8-19-20)13(21)9-3-5-10(6-4-9)14(16,17)18/h3-6,8H,2,7H2,1H3. The lowest BCUT2D eigenvalue weighted by atomic mass is 10.1. The molecule has 0 atom stereocenters. The summed E-state index contributed by atoms with van der Waals surface area (Å²) in [7, 11) is 0. The summed E-state index contributed by atoms with van der Waals surface area (Å²) in [5.74, 6) is -0.360. The largest absolute Gasteiger partial charge is 0.416 e. The van der Waals surface area contributed by atoms with Crippen LogP contribution in [0.4, 0.5) is 13.2 Å². The molecule has 0 aliphatic rings. The number of aromatic nitrogens is 2. The molecule has 0 N–H and O–H groups in total. The van der Waals surface area contributed by atoms with E-state index in [4.69, 9.17) is 0 Å². The Hall–Kier alpha value is -1.63. The Morgan fingerprint density at radius 1 is 1.29 bits per heavy atom. The number of carbonyl (C=O) groups excluding carboxylic acids is 1. The number of alkyl halides is 3. The van der Waals surface area contributed by atoms with E-state index < -0.39 is 11.7 Å². The van der Waals surface area contributed by atoms with Gasteiger partial charge in [-0.05, 0) is 34.5 Å². The van der Waals surface area contributed by atoms with Gasteiger partial charge in [-0.3, -0.25) is 9.48 Å². The van der Waals surface area contributed by atoms with Crippen LogP contribution in [0.15, 0.2) is 34.9 Å². The van der Waals surface area contributed by atoms with E-state index in [0.717, 1.165) is 18.6 Å². The Morgan fingerprint density at radius 2 is 1.90 bits per heavy atom. The van der Waals surface area contributed by atoms with Crippen LogP contribution in [0.1, 0.15) is 35.0 Å². The van der Waals surface area contributed by atoms with Crippen molar-refractivity contribution in [3.63, 3.8) is 0 Å². The number of nitrogens with zero attached hydrogens (tertiary/aromatic N) is 2. The van der Waals surface area contributed by atoms with Gasteiger partial charge in [0.25, 0.3) is 0 Å². The summed E-state index contributed by atoms with van der Waals surface area (Å²) in [6.07, 6.45) is -2.11. The molecular weight excluding hydrogens is 349 g/mol. The number of halogens is 4. The van der Waals surface area contributed by atoms with Crippen LogP contribution >= 0.6 is 15.9 Å². The molecule has 2 rings (SSSR count). The van der Waals surface area contributed by atoms with Crippen molar-refractivity contribution in [1.29, 1.82) is 0 Å². The van der Waals surface area contributed by atoms with Gasteiger partial charge in [-0.25, -0.2) is 0 Å². The van der Waals surface area contributed by atoms with E-state index in [0.29, 0.717) is 16.7 Å². The molecule has 7 heteroatoms. The van der Waals surface area contributed by atoms with Gasteiger partial charge in [-0.15, -0.1) is 0 Å². The van der Waals surface area contributed by atoms with Gasteiger partial charge < -0.3 is 0 Å². The summed E-state index contributed by atoms with van der Waals surface area (Å²) < 4.78 is 39.6. The molecule has 1 aromatic heterocycles. The lowest BCUT2D eigenvalue weighted by Crippen LogP contribution is -2.12. The highest BCUT2D eigenvalue weighted by Crippen LogP contribution is 2.29. The van der Waals surface area contributed by atoms with Crippen molar-refractivity contribution in [2.75, 3.05) is 0 Å². The quantitative estimate of drug-likeness (QED) is 0.761. The zero-order valence-electron chi connectivity index (χ0n) is 11.1. The normalized spacial score (nSPS) is 11.7. The monoisotopic (exact) mass is 360 g/mol. The fourth-order valence-corrected chi connectivity index (χ4v) is 2.39. The van der Waals surface area contributed by atoms with E-state index in [2.05, 4.69) is 21.0 Å². The molecule has 0 saturated carbocycles. The summed E-state index contributed by atoms with van der Waals surface area (Å²) in [6, 6.07) is 4.17. The summed E-state index contributed by atoms with van der Waals surface area (Å²) >= 11 is 3.25. The van der Waals surface area contributed by atoms with Crippen LogP contribution in [0, 0.1) is 0 Å². The molecule has 1 heterocycles. The van der Waals surface area contributed by atoms with E-state index in [-0.39, 0.29) is 11.3 Å². The highest BCUT2D eigenvalue weighted by Gasteiger charge is 2.30. The van der Waals surface area contributed by atoms with Gasteiger partial charge >= 0.3 is 6.18 Å². The van der Waals surface area contributed by atoms with Crippen LogP contribution in [0.2, 0.25) is 0 Å². The van der Waals surface area contributed by atoms with Crippen LogP contribution in [-0.2, 0) is 12.7 Å². The number of rotatable bonds is 4. The zero-order chi connectivity index (χ0) is 15.6. The van der Waals surface area contributed by atoms with E-state index in [1.54, 1.807) is 4.68 Å². The molecule has 0 aliphatic heterocycles. The van der Waals surface area contributed by atoms with E-state index >= 15 is 0 Å². The van der Waals surface area contributed by atoms with Gasteiger partial charge in [-0.1, -0.05) is 19.1 Å². The fraction of sp³-hybridized carbons (Fsp3) is 0.286. The van der Waals surface area contributed by atoms with Crippen molar-refractivity contribution in [2.24, 2.45) is 0 Å². The average molecular weight is 361 g/mol. The molecule has 0 spiro atoms. The predicted molar refractivity (Wildman–Crippen MR) is 75.1 cm³/mol. The second kappa shape index (κ2) is 6.01. The lowest BCUT2D eigenvalue weighted by Gasteiger charge is -2.09. The SMILES string of the molecule is CCCn1ncc(Br)c1C(=O)c1ccc(C(F)(F)F)cc1. The third-order valence-corrected chi connectivity index (χ3v) is 3.50. The topological polar surface area (TPSA) is 34.9 Å². The van der Waals surface area contributed by atoms with Crippen molar-refractivity contribution in [2.45, 2.75) is 26.1 Å². The second-order valence-electron chi connectivity index (χ2n) is 4.47. The molecule has 2 aromatic rings. The first-order chi connectivity index (χ1) is 9.84. The number of benzene rings is 1. The second-order valence-corrected chi connectivity index (χ2v) is 5.32. The van der Waals surface area contributed by atoms with Crippen molar-refractivity contribution in [1.82, 2.24) is 9.78 Å². The summed E-state index contributed by atoms with van der Waals surface area (Å²) in [4.78, 5) is 12.4. The Bertz CT molecular complexity index is 647. The van der Waals surface area contributed by atoms with E-state index in [1.165, 1.54) is 18.3 Å². The Balaban J connectivity index is 2.34. The predicted octanol–water partition coefficient (Wildman–Crippen LogP) is 4.31. The van der Waals surface area contributed by atoms with Crippen LogP contribution in [0.25, 0.3) is 0 Å². The maximum Gasteiger partial charge on any atom is 0.416 e. The molecule has 1 aromatic carbocycles. The number of aryl methyl sites for hydroxylation is 1. The first-order valence-electron chi connectivity index (χ1n) is 6.28. The third-order valence-electron chi connectivity index (χ3n) is 2.92. The summed E-state index contributed by atoms with van der Waals surface area (Å²) in [6.45, 7) is 2.51. The third kappa shape index (κ3) is 3.34. The summed E-state index contributed by atoms with van der Waals surface area (Å²) in [5, 5.41) is 4.08. The fourth-order valence-electron chi connectivity index (χ4n) is 1.92. The molecule has 0 bridgehead atoms. The highest BCUT2D eigenvalue weighted by molar-refractivity contribution is 9.10. The highest BCUT2D eigenvalue weighted by atomic mass is 79.9. The van der Waals surface area contributed by atoms with Gasteiger partial charge in [0.15, 0.2) is 0 Å². The van der Waals surface area contributed by atoms with Gasteiger partial charge in [-0.2, -0.15) is 18.3 Å². The number of carbonyl (C=O) groups is 1. The molecule has 0 aliphatic carbocycles. The number of hydrogen-bond acceptors (Lipinski definition) is 2. The van der Waals surface area contributed by atoms with Crippen LogP contribution in [0.3, 0.4) is 0 Å². The van der Waals surface area contributed by atoms with E-state index in [9.17, 15) is 18.0 Å². The Morgan fingerprint density at radius 3 is 2.43 bits per heavy atom. The van der Waals surface area contributed by atoms with Crippen LogP contribution in [0.5, 0.6) is 0 Å². The zero-order valence-corrected chi connectivity index (χ0v) is 12.7. The molecule has 0 unspecified atom stereocenters. The minimum absolute atomic E-state index is 0.196. The minimum Gasteiger partial charge on any atom is -0.287 e. The number of ketones is 1. The molecule has 0 radical (unpaired) electrons. The first-order valence-corrected chi connectivity index (χ1v) is 7.07. The maximum absolute atomic E-state index is 12.5. The van der Waals surface area contributed by atoms with Crippen molar-refractivity contribution in [3.05, 3.63) is 51.8 Å². The molecular formula is C14H12BrF3N2O. The smallest absolute Gasteiger partial charge is 0.287 e. The van der Waals surface area contributed by atoms with Gasteiger partial charge in [0.2, 0.25) is 5.78 Å². The molecule has 21 heavy (non-hydrogen) atoms. The minimum atomic E-state index is -4.41. The molecule has 0 saturated heterocycles. The molecule has 3 nitrogen and oxygen atoms in total. The van der Waals surface area contributed by atoms with Gasteiger partial charge in [0, 0.05) is 12.1 Å². The van der Waals surface area contributed by atoms with Crippen LogP contribution in [-0.4, -0.2) is 15.6 Å². The maximum atomic E-state index is 12.5. The van der Waals surface area contributed by atoms with Crippen molar-refractivity contribution in [3.8, 4) is 0 Å². The number of hydrogen-bond donors (Lipinski definition) is 0. The lowest BCUT2D eigenvalue weighted by molar-refractivity contribution is -0.137. The summed E-state index contributed by atoms with van der Waals surface area (Å²) in [5.41, 5.74) is -0.238. The van der Waals surface area contributed by atoms with Crippen molar-refractivity contribution < 1.29 is 18.0 Å². The molecule has 0 fully saturated rings. The van der Waals surface area contributed by atoms with Crippen LogP contribution < -0.4 is 0 Å². The molecule has 0 amide bonds. The molecule has 112 valence electrons. The van der Waals surface area contributed by atoms with Gasteiger partial charge in [0.1, 0.15) is 5.69 Å². The average Bonchev–Trinajstić information content (AvgIpc) is 2.79. The Labute approximate surface area is 127 Å².